The van der Waals surface area contributed by atoms with Crippen LogP contribution in [0.4, 0.5) is 5.69 Å². The van der Waals surface area contributed by atoms with Crippen LogP contribution in [0.3, 0.4) is 0 Å². The van der Waals surface area contributed by atoms with Gasteiger partial charge in [-0.1, -0.05) is 52.6 Å². The molecule has 3 heterocycles. The number of halogens is 2. The van der Waals surface area contributed by atoms with Gasteiger partial charge in [-0.3, -0.25) is 15.1 Å². The quantitative estimate of drug-likeness (QED) is 0.500. The van der Waals surface area contributed by atoms with Crippen LogP contribution in [-0.4, -0.2) is 42.1 Å². The molecule has 4 rings (SSSR count). The van der Waals surface area contributed by atoms with Gasteiger partial charge in [0, 0.05) is 10.2 Å². The van der Waals surface area contributed by atoms with E-state index < -0.39 is 4.32 Å². The first-order valence-corrected chi connectivity index (χ1v) is 9.92. The number of alkyl halides is 1. The summed E-state index contributed by atoms with van der Waals surface area (Å²) in [5, 5.41) is 8.90. The van der Waals surface area contributed by atoms with Gasteiger partial charge in [-0.25, -0.2) is 0 Å². The normalized spacial score (nSPS) is 33.6. The van der Waals surface area contributed by atoms with E-state index in [0.29, 0.717) is 12.3 Å². The molecule has 1 aromatic rings. The molecule has 5 nitrogen and oxygen atoms in total. The van der Waals surface area contributed by atoms with Crippen LogP contribution in [0.1, 0.15) is 32.8 Å². The Balaban J connectivity index is 1.94. The van der Waals surface area contributed by atoms with E-state index in [4.69, 9.17) is 10.1 Å². The summed E-state index contributed by atoms with van der Waals surface area (Å²) >= 11 is 7.53. The molecule has 3 aliphatic rings. The number of carbonyl (C=O) groups is 1. The molecule has 0 unspecified atom stereocenters. The van der Waals surface area contributed by atoms with E-state index >= 15 is 0 Å². The number of benzene rings is 1. The van der Waals surface area contributed by atoms with Crippen LogP contribution in [-0.2, 0) is 13.9 Å². The van der Waals surface area contributed by atoms with Crippen LogP contribution >= 0.6 is 31.9 Å². The van der Waals surface area contributed by atoms with Gasteiger partial charge in [0.15, 0.2) is 0 Å². The number of nitrogens with zero attached hydrogens (tertiary/aromatic N) is 2. The van der Waals surface area contributed by atoms with E-state index in [9.17, 15) is 4.79 Å². The number of anilines is 1. The van der Waals surface area contributed by atoms with Gasteiger partial charge in [-0.15, -0.1) is 0 Å². The number of hydrogen-bond acceptors (Lipinski definition) is 4. The number of amidine groups is 1. The first-order valence-electron chi connectivity index (χ1n) is 8.33. The Morgan fingerprint density at radius 3 is 2.68 bits per heavy atom. The molecule has 1 N–H and O–H groups in total. The zero-order valence-electron chi connectivity index (χ0n) is 14.6. The minimum atomic E-state index is -0.392. The van der Waals surface area contributed by atoms with Crippen molar-refractivity contribution in [3.05, 3.63) is 28.2 Å². The van der Waals surface area contributed by atoms with Gasteiger partial charge in [0.1, 0.15) is 18.0 Å². The fraction of sp³-hybridized carbons (Fsp3) is 0.556. The van der Waals surface area contributed by atoms with Gasteiger partial charge in [0.2, 0.25) is 0 Å². The van der Waals surface area contributed by atoms with Gasteiger partial charge >= 0.3 is 5.97 Å². The lowest BCUT2D eigenvalue weighted by atomic mass is 9.85. The number of methoxy groups -OCH3 is 1. The van der Waals surface area contributed by atoms with Crippen molar-refractivity contribution in [2.45, 2.75) is 49.8 Å². The number of nitrogens with one attached hydrogen (secondary N) is 1. The predicted molar refractivity (Wildman–Crippen MR) is 104 cm³/mol. The first kappa shape index (κ1) is 17.5. The molecule has 2 fully saturated rings. The van der Waals surface area contributed by atoms with E-state index in [1.54, 1.807) is 0 Å². The molecule has 1 aromatic carbocycles. The highest BCUT2D eigenvalue weighted by molar-refractivity contribution is 9.10. The minimum Gasteiger partial charge on any atom is -0.468 e. The lowest BCUT2D eigenvalue weighted by Gasteiger charge is -2.35. The van der Waals surface area contributed by atoms with Crippen molar-refractivity contribution < 1.29 is 9.53 Å². The zero-order valence-corrected chi connectivity index (χ0v) is 17.8. The first-order chi connectivity index (χ1) is 11.6. The number of rotatable bonds is 1. The van der Waals surface area contributed by atoms with Gasteiger partial charge in [-0.05, 0) is 35.6 Å². The molecule has 0 spiro atoms. The molecule has 0 aromatic heterocycles. The lowest BCUT2D eigenvalue weighted by molar-refractivity contribution is -0.147. The third kappa shape index (κ3) is 2.15. The minimum absolute atomic E-state index is 0.0855. The van der Waals surface area contributed by atoms with Crippen LogP contribution in [0.2, 0.25) is 0 Å². The second kappa shape index (κ2) is 5.30. The van der Waals surface area contributed by atoms with Gasteiger partial charge in [0.25, 0.3) is 0 Å². The van der Waals surface area contributed by atoms with Crippen molar-refractivity contribution in [1.29, 1.82) is 5.41 Å². The number of esters is 1. The molecule has 0 saturated carbocycles. The molecule has 0 amide bonds. The van der Waals surface area contributed by atoms with E-state index in [1.165, 1.54) is 7.11 Å². The maximum absolute atomic E-state index is 12.6. The van der Waals surface area contributed by atoms with Crippen LogP contribution in [0.5, 0.6) is 0 Å². The SMILES string of the molecule is COC(=O)[C@@H]1C[C@@]2(Br)c3cc(Br)ccc3N3C(=N)[C@H](C(C)(C)C)N1[C@H]32. The number of ether oxygens (including phenoxy) is 1. The summed E-state index contributed by atoms with van der Waals surface area (Å²) in [7, 11) is 1.44. The third-order valence-electron chi connectivity index (χ3n) is 5.56. The Morgan fingerprint density at radius 2 is 2.08 bits per heavy atom. The highest BCUT2D eigenvalue weighted by Crippen LogP contribution is 2.62. The molecule has 2 saturated heterocycles. The molecule has 3 aliphatic heterocycles. The average molecular weight is 471 g/mol. The van der Waals surface area contributed by atoms with Gasteiger partial charge < -0.3 is 9.64 Å². The largest absolute Gasteiger partial charge is 0.468 e. The fourth-order valence-electron chi connectivity index (χ4n) is 4.72. The Kier molecular flexibility index (Phi) is 3.71. The maximum Gasteiger partial charge on any atom is 0.323 e. The number of carbonyl (C=O) groups excluding carboxylic acids is 1. The molecule has 134 valence electrons. The Hall–Kier alpha value is -0.920. The molecular weight excluding hydrogens is 450 g/mol. The monoisotopic (exact) mass is 469 g/mol. The molecular formula is C18H21Br2N3O2. The van der Waals surface area contributed by atoms with Crippen LogP contribution in [0.15, 0.2) is 22.7 Å². The topological polar surface area (TPSA) is 56.6 Å². The van der Waals surface area contributed by atoms with E-state index in [0.717, 1.165) is 15.7 Å². The summed E-state index contributed by atoms with van der Waals surface area (Å²) in [4.78, 5) is 16.8. The summed E-state index contributed by atoms with van der Waals surface area (Å²) in [6.07, 6.45) is 0.544. The van der Waals surface area contributed by atoms with Crippen molar-refractivity contribution >= 4 is 49.4 Å². The Morgan fingerprint density at radius 1 is 1.40 bits per heavy atom. The van der Waals surface area contributed by atoms with Crippen molar-refractivity contribution in [3.63, 3.8) is 0 Å². The van der Waals surface area contributed by atoms with Crippen LogP contribution < -0.4 is 4.90 Å². The maximum atomic E-state index is 12.6. The summed E-state index contributed by atoms with van der Waals surface area (Å²) in [5.41, 5.74) is 2.01. The van der Waals surface area contributed by atoms with Gasteiger partial charge in [-0.2, -0.15) is 0 Å². The summed E-state index contributed by atoms with van der Waals surface area (Å²) in [6.45, 7) is 6.37. The van der Waals surface area contributed by atoms with Crippen LogP contribution in [0, 0.1) is 10.8 Å². The summed E-state index contributed by atoms with van der Waals surface area (Å²) in [6, 6.07) is 5.66. The van der Waals surface area contributed by atoms with E-state index in [-0.39, 0.29) is 29.6 Å². The fourth-order valence-corrected chi connectivity index (χ4v) is 6.15. The second-order valence-electron chi connectivity index (χ2n) is 8.11. The highest BCUT2D eigenvalue weighted by Gasteiger charge is 2.69. The van der Waals surface area contributed by atoms with Crippen LogP contribution in [0.25, 0.3) is 0 Å². The van der Waals surface area contributed by atoms with E-state index in [2.05, 4.69) is 74.6 Å². The smallest absolute Gasteiger partial charge is 0.323 e. The molecule has 4 atom stereocenters. The summed E-state index contributed by atoms with van der Waals surface area (Å²) < 4.78 is 5.71. The number of fused-ring (bicyclic) bond motifs is 3. The summed E-state index contributed by atoms with van der Waals surface area (Å²) in [5.74, 6) is 0.324. The van der Waals surface area contributed by atoms with Crippen molar-refractivity contribution in [3.8, 4) is 0 Å². The Labute approximate surface area is 164 Å². The standard InChI is InChI=1S/C18H21Br2N3O2/c1-17(2,3)13-14(21)23-11-6-5-9(19)7-10(11)18(20)8-12(15(24)25-4)22(13)16(18)23/h5-7,12-13,16,21H,8H2,1-4H3/t12-,13+,16+,18+/m0/s1. The number of hydrogen-bond donors (Lipinski definition) is 1. The lowest BCUT2D eigenvalue weighted by Crippen LogP contribution is -2.50. The second-order valence-corrected chi connectivity index (χ2v) is 10.4. The molecule has 7 heteroatoms. The van der Waals surface area contributed by atoms with Crippen molar-refractivity contribution in [2.75, 3.05) is 12.0 Å². The predicted octanol–water partition coefficient (Wildman–Crippen LogP) is 3.84. The zero-order chi connectivity index (χ0) is 18.3. The molecule has 0 aliphatic carbocycles. The highest BCUT2D eigenvalue weighted by atomic mass is 79.9. The van der Waals surface area contributed by atoms with Crippen molar-refractivity contribution in [1.82, 2.24) is 4.90 Å². The van der Waals surface area contributed by atoms with E-state index in [1.807, 2.05) is 6.07 Å². The molecule has 0 bridgehead atoms. The molecule has 25 heavy (non-hydrogen) atoms. The van der Waals surface area contributed by atoms with Crippen molar-refractivity contribution in [2.24, 2.45) is 5.41 Å². The third-order valence-corrected chi connectivity index (χ3v) is 7.22. The Bertz CT molecular complexity index is 791. The van der Waals surface area contributed by atoms with Gasteiger partial charge in [0.05, 0.1) is 17.5 Å². The average Bonchev–Trinajstić information content (AvgIpc) is 3.08. The molecule has 0 radical (unpaired) electrons.